The third-order valence-corrected chi connectivity index (χ3v) is 4.90. The topological polar surface area (TPSA) is 61.0 Å². The second-order valence-corrected chi connectivity index (χ2v) is 6.58. The molecule has 1 aromatic carbocycles. The summed E-state index contributed by atoms with van der Waals surface area (Å²) < 4.78 is 16.6. The number of ether oxygens (including phenoxy) is 2. The molecule has 126 valence electrons. The van der Waals surface area contributed by atoms with E-state index in [-0.39, 0.29) is 11.6 Å². The monoisotopic (exact) mass is 361 g/mol. The van der Waals surface area contributed by atoms with Crippen LogP contribution in [0.4, 0.5) is 0 Å². The van der Waals surface area contributed by atoms with Crippen LogP contribution in [-0.4, -0.2) is 11.9 Å². The van der Waals surface area contributed by atoms with Gasteiger partial charge in [-0.3, -0.25) is 0 Å². The lowest BCUT2D eigenvalue weighted by atomic mass is 9.99. The van der Waals surface area contributed by atoms with Gasteiger partial charge in [-0.25, -0.2) is 9.79 Å². The lowest BCUT2D eigenvalue weighted by molar-refractivity contribution is -0.130. The maximum absolute atomic E-state index is 12.5. The quantitative estimate of drug-likeness (QED) is 0.498. The molecule has 0 atom stereocenters. The van der Waals surface area contributed by atoms with Crippen molar-refractivity contribution in [2.24, 2.45) is 4.99 Å². The number of nitrogens with zero attached hydrogens (tertiary/aromatic N) is 1. The molecule has 0 radical (unpaired) electrons. The number of hydrogen-bond donors (Lipinski definition) is 0. The molecule has 26 heavy (non-hydrogen) atoms. The van der Waals surface area contributed by atoms with Crippen molar-refractivity contribution in [2.75, 3.05) is 0 Å². The minimum atomic E-state index is -0.509. The van der Waals surface area contributed by atoms with Crippen molar-refractivity contribution in [1.82, 2.24) is 0 Å². The van der Waals surface area contributed by atoms with Gasteiger partial charge in [0.25, 0.3) is 5.90 Å². The zero-order valence-corrected chi connectivity index (χ0v) is 14.2. The SMILES string of the molecule is O=C1OC(c2ccco2)=N/C1=C1/C=C(c2cccs2)Oc2ccccc21. The van der Waals surface area contributed by atoms with Crippen LogP contribution in [0.5, 0.6) is 5.75 Å². The van der Waals surface area contributed by atoms with Crippen molar-refractivity contribution >= 4 is 34.5 Å². The number of para-hydroxylation sites is 1. The number of carbonyl (C=O) groups is 1. The summed E-state index contributed by atoms with van der Waals surface area (Å²) >= 11 is 1.57. The summed E-state index contributed by atoms with van der Waals surface area (Å²) in [6, 6.07) is 14.9. The van der Waals surface area contributed by atoms with Gasteiger partial charge in [-0.05, 0) is 35.7 Å². The first kappa shape index (κ1) is 14.9. The number of thiophene rings is 1. The Balaban J connectivity index is 1.71. The summed E-state index contributed by atoms with van der Waals surface area (Å²) in [6.45, 7) is 0. The van der Waals surface area contributed by atoms with E-state index >= 15 is 0 Å². The standard InChI is InChI=1S/C20H11NO4S/c22-20-18(21-19(25-20)15-7-3-9-23-15)13-11-16(17-8-4-10-26-17)24-14-6-2-1-5-12(13)14/h1-11H/b18-13-. The maximum Gasteiger partial charge on any atom is 0.364 e. The van der Waals surface area contributed by atoms with E-state index in [1.165, 1.54) is 6.26 Å². The molecule has 2 aromatic heterocycles. The second-order valence-electron chi connectivity index (χ2n) is 5.63. The van der Waals surface area contributed by atoms with Crippen LogP contribution in [-0.2, 0) is 9.53 Å². The highest BCUT2D eigenvalue weighted by Gasteiger charge is 2.31. The molecule has 0 saturated carbocycles. The highest BCUT2D eigenvalue weighted by molar-refractivity contribution is 7.11. The number of cyclic esters (lactones) is 1. The van der Waals surface area contributed by atoms with Crippen molar-refractivity contribution in [3.63, 3.8) is 0 Å². The summed E-state index contributed by atoms with van der Waals surface area (Å²) in [6.07, 6.45) is 3.34. The number of esters is 1. The molecule has 5 nitrogen and oxygen atoms in total. The number of benzene rings is 1. The first-order chi connectivity index (χ1) is 12.8. The van der Waals surface area contributed by atoms with Gasteiger partial charge in [-0.15, -0.1) is 11.3 Å². The Labute approximate surface area is 152 Å². The van der Waals surface area contributed by atoms with Gasteiger partial charge in [-0.1, -0.05) is 24.3 Å². The molecule has 0 amide bonds. The van der Waals surface area contributed by atoms with E-state index < -0.39 is 5.97 Å². The van der Waals surface area contributed by atoms with Crippen molar-refractivity contribution in [3.05, 3.63) is 88.1 Å². The Hall–Kier alpha value is -3.38. The van der Waals surface area contributed by atoms with Crippen molar-refractivity contribution in [2.45, 2.75) is 0 Å². The highest BCUT2D eigenvalue weighted by atomic mass is 32.1. The summed E-state index contributed by atoms with van der Waals surface area (Å²) in [5.74, 6) is 1.42. The van der Waals surface area contributed by atoms with Crippen LogP contribution in [0.3, 0.4) is 0 Å². The molecule has 2 aliphatic rings. The first-order valence-corrected chi connectivity index (χ1v) is 8.79. The molecule has 0 unspecified atom stereocenters. The van der Waals surface area contributed by atoms with Gasteiger partial charge in [0.15, 0.2) is 11.5 Å². The van der Waals surface area contributed by atoms with Gasteiger partial charge in [0.1, 0.15) is 11.5 Å². The van der Waals surface area contributed by atoms with Crippen molar-refractivity contribution < 1.29 is 18.7 Å². The van der Waals surface area contributed by atoms with E-state index in [9.17, 15) is 4.79 Å². The Kier molecular flexibility index (Phi) is 3.36. The van der Waals surface area contributed by atoms with Gasteiger partial charge < -0.3 is 13.9 Å². The minimum absolute atomic E-state index is 0.164. The number of rotatable bonds is 2. The van der Waals surface area contributed by atoms with Crippen molar-refractivity contribution in [3.8, 4) is 5.75 Å². The van der Waals surface area contributed by atoms with Crippen LogP contribution >= 0.6 is 11.3 Å². The molecular formula is C20H11NO4S. The summed E-state index contributed by atoms with van der Waals surface area (Å²) in [5, 5.41) is 1.98. The third kappa shape index (κ3) is 2.39. The average Bonchev–Trinajstić information content (AvgIpc) is 3.42. The number of allylic oxidation sites excluding steroid dienone is 2. The predicted molar refractivity (Wildman–Crippen MR) is 97.6 cm³/mol. The van der Waals surface area contributed by atoms with E-state index in [0.717, 1.165) is 10.4 Å². The molecule has 6 heteroatoms. The zero-order chi connectivity index (χ0) is 17.5. The Morgan fingerprint density at radius 3 is 2.69 bits per heavy atom. The van der Waals surface area contributed by atoms with E-state index in [1.54, 1.807) is 23.5 Å². The smallest absolute Gasteiger partial charge is 0.364 e. The fraction of sp³-hybridized carbons (Fsp3) is 0. The van der Waals surface area contributed by atoms with Gasteiger partial charge >= 0.3 is 5.97 Å². The third-order valence-electron chi connectivity index (χ3n) is 4.02. The van der Waals surface area contributed by atoms with E-state index in [1.807, 2.05) is 47.9 Å². The van der Waals surface area contributed by atoms with Gasteiger partial charge in [0, 0.05) is 11.1 Å². The first-order valence-electron chi connectivity index (χ1n) is 7.91. The summed E-state index contributed by atoms with van der Waals surface area (Å²) in [4.78, 5) is 17.8. The van der Waals surface area contributed by atoms with Crippen LogP contribution in [0, 0.1) is 0 Å². The van der Waals surface area contributed by atoms with E-state index in [0.29, 0.717) is 22.8 Å². The molecule has 0 N–H and O–H groups in total. The minimum Gasteiger partial charge on any atom is -0.459 e. The lowest BCUT2D eigenvalue weighted by Crippen LogP contribution is -2.07. The molecule has 3 aromatic rings. The number of hydrogen-bond acceptors (Lipinski definition) is 6. The Bertz CT molecular complexity index is 1090. The van der Waals surface area contributed by atoms with E-state index in [2.05, 4.69) is 4.99 Å². The van der Waals surface area contributed by atoms with Crippen LogP contribution < -0.4 is 4.74 Å². The van der Waals surface area contributed by atoms with Crippen LogP contribution in [0.25, 0.3) is 11.3 Å². The van der Waals surface area contributed by atoms with Crippen LogP contribution in [0.15, 0.2) is 81.4 Å². The average molecular weight is 361 g/mol. The molecule has 0 spiro atoms. The normalized spacial score (nSPS) is 18.7. The number of fused-ring (bicyclic) bond motifs is 1. The van der Waals surface area contributed by atoms with Crippen LogP contribution in [0.1, 0.15) is 16.2 Å². The molecule has 0 saturated heterocycles. The lowest BCUT2D eigenvalue weighted by Gasteiger charge is -2.19. The van der Waals surface area contributed by atoms with Crippen LogP contribution in [0.2, 0.25) is 0 Å². The second kappa shape index (κ2) is 5.86. The van der Waals surface area contributed by atoms with Gasteiger partial charge in [0.05, 0.1) is 11.1 Å². The molecule has 4 heterocycles. The molecule has 2 aliphatic heterocycles. The fourth-order valence-corrected chi connectivity index (χ4v) is 3.53. The summed E-state index contributed by atoms with van der Waals surface area (Å²) in [7, 11) is 0. The Morgan fingerprint density at radius 1 is 0.962 bits per heavy atom. The fourth-order valence-electron chi connectivity index (χ4n) is 2.85. The predicted octanol–water partition coefficient (Wildman–Crippen LogP) is 4.49. The zero-order valence-electron chi connectivity index (χ0n) is 13.3. The number of carbonyl (C=O) groups excluding carboxylic acids is 1. The largest absolute Gasteiger partial charge is 0.459 e. The summed E-state index contributed by atoms with van der Waals surface area (Å²) in [5.41, 5.74) is 1.70. The molecular weight excluding hydrogens is 350 g/mol. The van der Waals surface area contributed by atoms with Gasteiger partial charge in [0.2, 0.25) is 0 Å². The van der Waals surface area contributed by atoms with Crippen molar-refractivity contribution in [1.29, 1.82) is 0 Å². The highest BCUT2D eigenvalue weighted by Crippen LogP contribution is 2.40. The van der Waals surface area contributed by atoms with E-state index in [4.69, 9.17) is 13.9 Å². The maximum atomic E-state index is 12.5. The number of aliphatic imine (C=N–C) groups is 1. The molecule has 5 rings (SSSR count). The Morgan fingerprint density at radius 2 is 1.88 bits per heavy atom. The molecule has 0 bridgehead atoms. The molecule has 0 aliphatic carbocycles. The molecule has 0 fully saturated rings. The number of furan rings is 1. The van der Waals surface area contributed by atoms with Gasteiger partial charge in [-0.2, -0.15) is 0 Å².